The molecule has 0 amide bonds. The van der Waals surface area contributed by atoms with Gasteiger partial charge in [0, 0.05) is 24.0 Å². The highest BCUT2D eigenvalue weighted by Crippen LogP contribution is 2.33. The van der Waals surface area contributed by atoms with Gasteiger partial charge in [-0.2, -0.15) is 13.2 Å². The lowest BCUT2D eigenvalue weighted by Crippen LogP contribution is -2.06. The van der Waals surface area contributed by atoms with Crippen LogP contribution in [-0.2, 0) is 11.0 Å². The molecule has 0 bridgehead atoms. The van der Waals surface area contributed by atoms with Crippen LogP contribution in [0.2, 0.25) is 0 Å². The van der Waals surface area contributed by atoms with Gasteiger partial charge < -0.3 is 10.2 Å². The molecular weight excluding hydrogens is 387 g/mol. The van der Waals surface area contributed by atoms with E-state index in [9.17, 15) is 13.2 Å². The molecule has 1 atom stereocenters. The molecular formula is C16H13BrF3N3O. The molecule has 1 aliphatic rings. The van der Waals surface area contributed by atoms with Crippen molar-refractivity contribution in [2.24, 2.45) is 5.16 Å². The molecule has 0 fully saturated rings. The highest BCUT2D eigenvalue weighted by Gasteiger charge is 2.30. The topological polar surface area (TPSA) is 46.5 Å². The summed E-state index contributed by atoms with van der Waals surface area (Å²) in [6, 6.07) is 6.83. The lowest BCUT2D eigenvalue weighted by Gasteiger charge is -2.14. The number of alkyl halides is 3. The molecule has 126 valence electrons. The predicted molar refractivity (Wildman–Crippen MR) is 88.5 cm³/mol. The van der Waals surface area contributed by atoms with E-state index in [1.165, 1.54) is 6.07 Å². The lowest BCUT2D eigenvalue weighted by molar-refractivity contribution is -0.137. The summed E-state index contributed by atoms with van der Waals surface area (Å²) >= 11 is 3.26. The first-order valence-electron chi connectivity index (χ1n) is 7.12. The largest absolute Gasteiger partial charge is 0.416 e. The molecule has 8 heteroatoms. The number of pyridine rings is 1. The van der Waals surface area contributed by atoms with Crippen LogP contribution in [0.4, 0.5) is 24.5 Å². The number of halogens is 4. The Balaban J connectivity index is 1.85. The Bertz CT molecular complexity index is 792. The van der Waals surface area contributed by atoms with Gasteiger partial charge in [-0.15, -0.1) is 0 Å². The van der Waals surface area contributed by atoms with Crippen molar-refractivity contribution in [1.82, 2.24) is 4.98 Å². The maximum Gasteiger partial charge on any atom is 0.416 e. The number of hydrogen-bond acceptors (Lipinski definition) is 4. The van der Waals surface area contributed by atoms with Gasteiger partial charge in [0.05, 0.1) is 11.3 Å². The molecule has 1 aromatic heterocycles. The summed E-state index contributed by atoms with van der Waals surface area (Å²) in [5.74, 6) is 0. The average molecular weight is 400 g/mol. The summed E-state index contributed by atoms with van der Waals surface area (Å²) < 4.78 is 39.2. The number of nitrogens with one attached hydrogen (secondary N) is 1. The molecule has 0 saturated heterocycles. The summed E-state index contributed by atoms with van der Waals surface area (Å²) in [6.45, 7) is 1.83. The molecule has 0 radical (unpaired) electrons. The number of hydrogen-bond donors (Lipinski definition) is 1. The van der Waals surface area contributed by atoms with E-state index in [0.717, 1.165) is 17.7 Å². The molecule has 2 aromatic rings. The number of aryl methyl sites for hydroxylation is 1. The molecule has 0 aliphatic carbocycles. The van der Waals surface area contributed by atoms with E-state index in [1.807, 2.05) is 6.92 Å². The van der Waals surface area contributed by atoms with Gasteiger partial charge in [0.2, 0.25) is 0 Å². The third-order valence-corrected chi connectivity index (χ3v) is 4.02. The van der Waals surface area contributed by atoms with E-state index in [-0.39, 0.29) is 6.10 Å². The fraction of sp³-hybridized carbons (Fsp3) is 0.250. The standard InChI is InChI=1S/C16H13BrF3N3O/c1-9-8-21-13(14-7-15(17)23-24-14)6-12(9)22-11-4-2-3-10(5-11)16(18,19)20/h2-6,8,14H,7H2,1H3,(H,21,22)/t14-/m0/s1. The molecule has 1 N–H and O–H groups in total. The van der Waals surface area contributed by atoms with Gasteiger partial charge in [-0.3, -0.25) is 4.98 Å². The second-order valence-corrected chi connectivity index (χ2v) is 6.31. The summed E-state index contributed by atoms with van der Waals surface area (Å²) in [5.41, 5.74) is 1.80. The van der Waals surface area contributed by atoms with Gasteiger partial charge in [-0.1, -0.05) is 11.2 Å². The fourth-order valence-electron chi connectivity index (χ4n) is 2.29. The van der Waals surface area contributed by atoms with Crippen LogP contribution < -0.4 is 5.32 Å². The Morgan fingerprint density at radius 2 is 2.08 bits per heavy atom. The summed E-state index contributed by atoms with van der Waals surface area (Å²) in [5, 5.41) is 6.83. The molecule has 4 nitrogen and oxygen atoms in total. The average Bonchev–Trinajstić information content (AvgIpc) is 2.95. The van der Waals surface area contributed by atoms with E-state index in [2.05, 4.69) is 31.4 Å². The van der Waals surface area contributed by atoms with E-state index in [1.54, 1.807) is 18.3 Å². The Kier molecular flexibility index (Phi) is 4.49. The van der Waals surface area contributed by atoms with E-state index < -0.39 is 11.7 Å². The van der Waals surface area contributed by atoms with Crippen LogP contribution >= 0.6 is 15.9 Å². The SMILES string of the molecule is Cc1cnc([C@@H]2CC(Br)=NO2)cc1Nc1cccc(C(F)(F)F)c1. The van der Waals surface area contributed by atoms with Crippen molar-refractivity contribution in [3.63, 3.8) is 0 Å². The summed E-state index contributed by atoms with van der Waals surface area (Å²) in [6.07, 6.45) is -2.46. The van der Waals surface area contributed by atoms with Crippen molar-refractivity contribution in [2.45, 2.75) is 25.6 Å². The van der Waals surface area contributed by atoms with Gasteiger partial charge in [-0.05, 0) is 52.7 Å². The Labute approximate surface area is 144 Å². The Morgan fingerprint density at radius 3 is 2.75 bits per heavy atom. The zero-order valence-electron chi connectivity index (χ0n) is 12.6. The normalized spacial score (nSPS) is 17.4. The first-order valence-corrected chi connectivity index (χ1v) is 7.91. The Morgan fingerprint density at radius 1 is 1.29 bits per heavy atom. The van der Waals surface area contributed by atoms with Gasteiger partial charge in [0.1, 0.15) is 4.62 Å². The molecule has 0 saturated carbocycles. The fourth-order valence-corrected chi connectivity index (χ4v) is 2.66. The Hall–Kier alpha value is -2.09. The third-order valence-electron chi connectivity index (χ3n) is 3.56. The van der Waals surface area contributed by atoms with Gasteiger partial charge in [-0.25, -0.2) is 0 Å². The molecule has 24 heavy (non-hydrogen) atoms. The molecule has 1 aromatic carbocycles. The predicted octanol–water partition coefficient (Wildman–Crippen LogP) is 5.32. The van der Waals surface area contributed by atoms with Crippen molar-refractivity contribution in [3.8, 4) is 0 Å². The van der Waals surface area contributed by atoms with E-state index >= 15 is 0 Å². The number of oxime groups is 1. The molecule has 2 heterocycles. The minimum absolute atomic E-state index is 0.304. The molecule has 1 aliphatic heterocycles. The minimum atomic E-state index is -4.38. The van der Waals surface area contributed by atoms with Gasteiger partial charge in [0.15, 0.2) is 6.10 Å². The van der Waals surface area contributed by atoms with Crippen molar-refractivity contribution in [2.75, 3.05) is 5.32 Å². The number of aromatic nitrogens is 1. The van der Waals surface area contributed by atoms with Crippen LogP contribution in [0, 0.1) is 6.92 Å². The highest BCUT2D eigenvalue weighted by molar-refractivity contribution is 9.18. The lowest BCUT2D eigenvalue weighted by atomic mass is 10.1. The van der Waals surface area contributed by atoms with E-state index in [4.69, 9.17) is 4.84 Å². The van der Waals surface area contributed by atoms with E-state index in [0.29, 0.717) is 28.1 Å². The maximum atomic E-state index is 12.8. The second-order valence-electron chi connectivity index (χ2n) is 5.39. The zero-order valence-corrected chi connectivity index (χ0v) is 14.1. The summed E-state index contributed by atoms with van der Waals surface area (Å²) in [4.78, 5) is 9.58. The van der Waals surface area contributed by atoms with Crippen molar-refractivity contribution in [3.05, 3.63) is 53.3 Å². The number of nitrogens with zero attached hydrogens (tertiary/aromatic N) is 2. The van der Waals surface area contributed by atoms with Crippen LogP contribution in [0.5, 0.6) is 0 Å². The first-order chi connectivity index (χ1) is 11.3. The van der Waals surface area contributed by atoms with Crippen LogP contribution in [0.3, 0.4) is 0 Å². The van der Waals surface area contributed by atoms with Crippen LogP contribution in [0.15, 0.2) is 41.7 Å². The third kappa shape index (κ3) is 3.69. The number of rotatable bonds is 3. The van der Waals surface area contributed by atoms with Crippen LogP contribution in [-0.4, -0.2) is 9.60 Å². The zero-order chi connectivity index (χ0) is 17.3. The summed E-state index contributed by atoms with van der Waals surface area (Å²) in [7, 11) is 0. The van der Waals surface area contributed by atoms with Crippen LogP contribution in [0.1, 0.15) is 29.3 Å². The smallest absolute Gasteiger partial charge is 0.385 e. The molecule has 3 rings (SSSR count). The van der Waals surface area contributed by atoms with Crippen molar-refractivity contribution >= 4 is 31.9 Å². The first kappa shape index (κ1) is 16.8. The van der Waals surface area contributed by atoms with Gasteiger partial charge in [0.25, 0.3) is 0 Å². The monoisotopic (exact) mass is 399 g/mol. The second kappa shape index (κ2) is 6.43. The maximum absolute atomic E-state index is 12.8. The minimum Gasteiger partial charge on any atom is -0.385 e. The quantitative estimate of drug-likeness (QED) is 0.759. The van der Waals surface area contributed by atoms with Gasteiger partial charge >= 0.3 is 6.18 Å². The number of benzene rings is 1. The molecule has 0 spiro atoms. The van der Waals surface area contributed by atoms with Crippen LogP contribution in [0.25, 0.3) is 0 Å². The van der Waals surface area contributed by atoms with Crippen molar-refractivity contribution in [1.29, 1.82) is 0 Å². The molecule has 0 unspecified atom stereocenters. The highest BCUT2D eigenvalue weighted by atomic mass is 79.9. The number of anilines is 2. The van der Waals surface area contributed by atoms with Crippen molar-refractivity contribution < 1.29 is 18.0 Å².